The first-order valence-electron chi connectivity index (χ1n) is 11.6. The predicted octanol–water partition coefficient (Wildman–Crippen LogP) is 5.05. The lowest BCUT2D eigenvalue weighted by molar-refractivity contribution is -0.152. The van der Waals surface area contributed by atoms with Crippen LogP contribution in [0.3, 0.4) is 0 Å². The van der Waals surface area contributed by atoms with Gasteiger partial charge < -0.3 is 9.47 Å². The molecule has 1 aliphatic heterocycles. The minimum absolute atomic E-state index is 0.0254. The zero-order valence-corrected chi connectivity index (χ0v) is 20.5. The third-order valence-electron chi connectivity index (χ3n) is 6.21. The van der Waals surface area contributed by atoms with Crippen molar-refractivity contribution in [2.75, 3.05) is 12.8 Å². The Morgan fingerprint density at radius 3 is 2.06 bits per heavy atom. The number of piperidine rings is 1. The topological polar surface area (TPSA) is 72.9 Å². The summed E-state index contributed by atoms with van der Waals surface area (Å²) in [6.45, 7) is 0.598. The van der Waals surface area contributed by atoms with Gasteiger partial charge in [0, 0.05) is 17.7 Å². The Hall–Kier alpha value is -3.45. The molecular weight excluding hydrogens is 462 g/mol. The molecule has 35 heavy (non-hydrogen) atoms. The Morgan fingerprint density at radius 1 is 0.857 bits per heavy atom. The standard InChI is InChI=1S/C28H29NO5S/c1-35(32)26-15-9-8-14-24(26)23-16-17-29(28(31)34-20-22-12-6-3-7-13-22)25(18-23)27(30)33-19-21-10-4-2-5-11-21/h2-15,23,25H,16-20H2,1H3. The number of ether oxygens (including phenoxy) is 2. The zero-order chi connectivity index (χ0) is 24.6. The molecule has 1 aliphatic rings. The second-order valence-electron chi connectivity index (χ2n) is 8.56. The van der Waals surface area contributed by atoms with Gasteiger partial charge in [0.25, 0.3) is 0 Å². The smallest absolute Gasteiger partial charge is 0.410 e. The van der Waals surface area contributed by atoms with Crippen LogP contribution in [0.5, 0.6) is 0 Å². The largest absolute Gasteiger partial charge is 0.459 e. The molecule has 3 aromatic carbocycles. The zero-order valence-electron chi connectivity index (χ0n) is 19.7. The summed E-state index contributed by atoms with van der Waals surface area (Å²) in [6.07, 6.45) is 2.13. The summed E-state index contributed by atoms with van der Waals surface area (Å²) in [7, 11) is -1.16. The summed E-state index contributed by atoms with van der Waals surface area (Å²) in [4.78, 5) is 28.5. The molecule has 182 valence electrons. The van der Waals surface area contributed by atoms with E-state index in [9.17, 15) is 13.8 Å². The van der Waals surface area contributed by atoms with E-state index in [1.807, 2.05) is 84.9 Å². The number of benzene rings is 3. The van der Waals surface area contributed by atoms with Gasteiger partial charge in [0.15, 0.2) is 0 Å². The summed E-state index contributed by atoms with van der Waals surface area (Å²) in [5.74, 6) is -0.493. The lowest BCUT2D eigenvalue weighted by Gasteiger charge is -2.37. The highest BCUT2D eigenvalue weighted by molar-refractivity contribution is 7.84. The molecule has 6 nitrogen and oxygen atoms in total. The molecule has 0 saturated carbocycles. The highest BCUT2D eigenvalue weighted by Crippen LogP contribution is 2.35. The number of hydrogen-bond acceptors (Lipinski definition) is 5. The van der Waals surface area contributed by atoms with Crippen LogP contribution in [0.25, 0.3) is 0 Å². The van der Waals surface area contributed by atoms with Crippen LogP contribution in [0.4, 0.5) is 4.79 Å². The van der Waals surface area contributed by atoms with Crippen LogP contribution in [-0.4, -0.2) is 40.0 Å². The van der Waals surface area contributed by atoms with Crippen LogP contribution >= 0.6 is 0 Å². The van der Waals surface area contributed by atoms with E-state index in [2.05, 4.69) is 0 Å². The molecule has 3 unspecified atom stereocenters. The molecule has 0 aliphatic carbocycles. The summed E-state index contributed by atoms with van der Waals surface area (Å²) >= 11 is 0. The van der Waals surface area contributed by atoms with Crippen LogP contribution in [0, 0.1) is 0 Å². The highest BCUT2D eigenvalue weighted by atomic mass is 32.2. The van der Waals surface area contributed by atoms with Gasteiger partial charge in [-0.25, -0.2) is 9.59 Å². The second-order valence-corrected chi connectivity index (χ2v) is 9.90. The molecule has 0 N–H and O–H groups in total. The fourth-order valence-electron chi connectivity index (χ4n) is 4.40. The summed E-state index contributed by atoms with van der Waals surface area (Å²) in [6, 6.07) is 25.7. The maximum atomic E-state index is 13.2. The van der Waals surface area contributed by atoms with Gasteiger partial charge in [-0.15, -0.1) is 0 Å². The highest BCUT2D eigenvalue weighted by Gasteiger charge is 2.39. The molecule has 1 saturated heterocycles. The van der Waals surface area contributed by atoms with Crippen LogP contribution < -0.4 is 0 Å². The van der Waals surface area contributed by atoms with Gasteiger partial charge in [0.1, 0.15) is 19.3 Å². The van der Waals surface area contributed by atoms with E-state index >= 15 is 0 Å². The third kappa shape index (κ3) is 6.36. The van der Waals surface area contributed by atoms with Crippen LogP contribution in [-0.2, 0) is 38.3 Å². The number of esters is 1. The Balaban J connectivity index is 1.51. The Bertz CT molecular complexity index is 1170. The van der Waals surface area contributed by atoms with Gasteiger partial charge in [-0.3, -0.25) is 9.11 Å². The van der Waals surface area contributed by atoms with Crippen molar-refractivity contribution in [1.82, 2.24) is 4.90 Å². The number of carbonyl (C=O) groups is 2. The molecule has 0 aromatic heterocycles. The molecule has 7 heteroatoms. The van der Waals surface area contributed by atoms with E-state index in [-0.39, 0.29) is 19.1 Å². The van der Waals surface area contributed by atoms with Gasteiger partial charge in [-0.2, -0.15) is 0 Å². The molecule has 0 bridgehead atoms. The van der Waals surface area contributed by atoms with Crippen molar-refractivity contribution in [3.05, 3.63) is 102 Å². The van der Waals surface area contributed by atoms with E-state index < -0.39 is 28.9 Å². The normalized spacial score (nSPS) is 18.5. The van der Waals surface area contributed by atoms with Gasteiger partial charge in [0.2, 0.25) is 0 Å². The van der Waals surface area contributed by atoms with Gasteiger partial charge in [0.05, 0.1) is 10.8 Å². The monoisotopic (exact) mass is 491 g/mol. The van der Waals surface area contributed by atoms with Crippen molar-refractivity contribution >= 4 is 22.9 Å². The maximum absolute atomic E-state index is 13.2. The number of nitrogens with zero attached hydrogens (tertiary/aromatic N) is 1. The van der Waals surface area contributed by atoms with E-state index in [0.717, 1.165) is 21.6 Å². The fourth-order valence-corrected chi connectivity index (χ4v) is 5.23. The predicted molar refractivity (Wildman–Crippen MR) is 134 cm³/mol. The molecule has 3 aromatic rings. The quantitative estimate of drug-likeness (QED) is 0.433. The van der Waals surface area contributed by atoms with E-state index in [4.69, 9.17) is 9.47 Å². The summed E-state index contributed by atoms with van der Waals surface area (Å²) < 4.78 is 23.5. The Kier molecular flexibility index (Phi) is 8.32. The van der Waals surface area contributed by atoms with Crippen molar-refractivity contribution < 1.29 is 23.3 Å². The number of hydrogen-bond donors (Lipinski definition) is 0. The van der Waals surface area contributed by atoms with E-state index in [1.54, 1.807) is 6.26 Å². The second kappa shape index (κ2) is 11.8. The first-order valence-corrected chi connectivity index (χ1v) is 13.2. The molecular formula is C28H29NO5S. The van der Waals surface area contributed by atoms with E-state index in [1.165, 1.54) is 4.90 Å². The molecule has 3 atom stereocenters. The van der Waals surface area contributed by atoms with E-state index in [0.29, 0.717) is 19.4 Å². The fraction of sp³-hybridized carbons (Fsp3) is 0.286. The van der Waals surface area contributed by atoms with Crippen LogP contribution in [0.2, 0.25) is 0 Å². The first kappa shape index (κ1) is 24.7. The first-order chi connectivity index (χ1) is 17.0. The van der Waals surface area contributed by atoms with Crippen molar-refractivity contribution in [2.45, 2.75) is 42.9 Å². The summed E-state index contributed by atoms with van der Waals surface area (Å²) in [5.41, 5.74) is 2.70. The molecule has 0 spiro atoms. The van der Waals surface area contributed by atoms with Crippen LogP contribution in [0.1, 0.15) is 35.4 Å². The molecule has 4 rings (SSSR count). The minimum Gasteiger partial charge on any atom is -0.459 e. The summed E-state index contributed by atoms with van der Waals surface area (Å²) in [5, 5.41) is 0. The number of rotatable bonds is 7. The van der Waals surface area contributed by atoms with Gasteiger partial charge in [-0.1, -0.05) is 78.9 Å². The molecule has 1 amide bonds. The Morgan fingerprint density at radius 2 is 1.43 bits per heavy atom. The minimum atomic E-state index is -1.16. The molecule has 0 radical (unpaired) electrons. The number of likely N-dealkylation sites (tertiary alicyclic amines) is 1. The maximum Gasteiger partial charge on any atom is 0.410 e. The van der Waals surface area contributed by atoms with Crippen molar-refractivity contribution in [2.24, 2.45) is 0 Å². The van der Waals surface area contributed by atoms with Gasteiger partial charge >= 0.3 is 12.1 Å². The average molecular weight is 492 g/mol. The van der Waals surface area contributed by atoms with Crippen molar-refractivity contribution in [3.8, 4) is 0 Å². The number of amides is 1. The van der Waals surface area contributed by atoms with Gasteiger partial charge in [-0.05, 0) is 41.5 Å². The lowest BCUT2D eigenvalue weighted by Crippen LogP contribution is -2.50. The molecule has 1 fully saturated rings. The third-order valence-corrected chi connectivity index (χ3v) is 7.20. The Labute approximate surface area is 208 Å². The molecule has 1 heterocycles. The van der Waals surface area contributed by atoms with Crippen molar-refractivity contribution in [3.63, 3.8) is 0 Å². The lowest BCUT2D eigenvalue weighted by atomic mass is 9.85. The van der Waals surface area contributed by atoms with Crippen molar-refractivity contribution in [1.29, 1.82) is 0 Å². The number of carbonyl (C=O) groups excluding carboxylic acids is 2. The SMILES string of the molecule is CS(=O)c1ccccc1C1CCN(C(=O)OCc2ccccc2)C(C(=O)OCc2ccccc2)C1. The average Bonchev–Trinajstić information content (AvgIpc) is 2.91. The van der Waals surface area contributed by atoms with Crippen LogP contribution in [0.15, 0.2) is 89.8 Å².